The Balaban J connectivity index is 0.000000162. The molecule has 0 aromatic carbocycles. The smallest absolute Gasteiger partial charge is 0.340 e. The summed E-state index contributed by atoms with van der Waals surface area (Å²) in [6.45, 7) is 39.1. The molecule has 0 saturated heterocycles. The summed E-state index contributed by atoms with van der Waals surface area (Å²) < 4.78 is 38.8. The molecule has 0 amide bonds. The highest BCUT2D eigenvalue weighted by atomic mass is 127. The van der Waals surface area contributed by atoms with Gasteiger partial charge in [0.15, 0.2) is 42.2 Å². The van der Waals surface area contributed by atoms with Crippen molar-refractivity contribution in [3.8, 4) is 0 Å². The summed E-state index contributed by atoms with van der Waals surface area (Å²) >= 11 is 4.08. The second-order valence-corrected chi connectivity index (χ2v) is 39.1. The third-order valence-corrected chi connectivity index (χ3v) is 24.9. The third-order valence-electron chi connectivity index (χ3n) is 23.4. The van der Waals surface area contributed by atoms with Crippen molar-refractivity contribution >= 4 is 109 Å². The predicted molar refractivity (Wildman–Crippen MR) is 438 cm³/mol. The summed E-state index contributed by atoms with van der Waals surface area (Å²) in [7, 11) is 0. The van der Waals surface area contributed by atoms with E-state index in [2.05, 4.69) is 78.0 Å². The van der Waals surface area contributed by atoms with E-state index < -0.39 is 29.4 Å². The van der Waals surface area contributed by atoms with Crippen molar-refractivity contribution in [2.75, 3.05) is 0 Å². The van der Waals surface area contributed by atoms with Gasteiger partial charge in [-0.05, 0) is 132 Å². The molecular weight excluding hydrogens is 1670 g/mol. The SMILES string of the molecule is CC(=O)c1c(I)oc2c1CC(C)(C)CC2.CC(=O)c1coc2c1C(=O)C(C)(C)CC2.CC(=O)c1coc2c1C(O)C(C)(C)CC2.CC(=O)c1coc2c1CC(C)(C)CC2.CC1(C)CCC(=O)CC1=O.CC1(C)CCc2oc(I)c(C(=O)O)c2C1.CC1(C)CCc2occ(C(=O)O)c2C1.CC1(C)CCc2occ(C(=O)O)c2C1=O. The van der Waals surface area contributed by atoms with Gasteiger partial charge in [-0.2, -0.15) is 0 Å². The molecule has 7 aromatic rings. The number of carboxylic acid groups (broad SMARTS) is 3. The van der Waals surface area contributed by atoms with Crippen molar-refractivity contribution in [2.45, 2.75) is 279 Å². The van der Waals surface area contributed by atoms with Crippen LogP contribution in [-0.2, 0) is 80.2 Å². The van der Waals surface area contributed by atoms with E-state index in [1.54, 1.807) is 20.1 Å². The average Bonchev–Trinajstić information content (AvgIpc) is 1.68. The first-order chi connectivity index (χ1) is 52.1. The second kappa shape index (κ2) is 34.9. The number of halogens is 2. The molecular formula is C89H112I2O22. The number of aliphatic hydroxyl groups excluding tert-OH is 1. The van der Waals surface area contributed by atoms with Crippen LogP contribution in [0.3, 0.4) is 0 Å². The van der Waals surface area contributed by atoms with Crippen molar-refractivity contribution in [1.82, 2.24) is 0 Å². The number of hydrogen-bond acceptors (Lipinski definition) is 19. The van der Waals surface area contributed by atoms with E-state index in [0.29, 0.717) is 78.8 Å². The second-order valence-electron chi connectivity index (χ2n) is 37.1. The average molecular weight is 1790 g/mol. The number of carbonyl (C=O) groups excluding carboxylic acids is 8. The number of carboxylic acids is 3. The van der Waals surface area contributed by atoms with Crippen LogP contribution in [0.1, 0.15) is 370 Å². The maximum Gasteiger partial charge on any atom is 0.340 e. The van der Waals surface area contributed by atoms with Gasteiger partial charge in [0.05, 0.1) is 45.9 Å². The van der Waals surface area contributed by atoms with Gasteiger partial charge in [0.25, 0.3) is 0 Å². The summed E-state index contributed by atoms with van der Waals surface area (Å²) in [5.41, 5.74) is 8.56. The zero-order valence-electron chi connectivity index (χ0n) is 69.2. The lowest BCUT2D eigenvalue weighted by Gasteiger charge is -2.34. The third kappa shape index (κ3) is 21.4. The Bertz CT molecular complexity index is 4580. The molecule has 7 heterocycles. The monoisotopic (exact) mass is 1790 g/mol. The van der Waals surface area contributed by atoms with Crippen molar-refractivity contribution in [3.05, 3.63) is 157 Å². The molecule has 0 spiro atoms. The first-order valence-electron chi connectivity index (χ1n) is 38.8. The first-order valence-corrected chi connectivity index (χ1v) is 40.9. The molecule has 24 heteroatoms. The Kier molecular flexibility index (Phi) is 28.0. The number of carbonyl (C=O) groups is 11. The van der Waals surface area contributed by atoms with Crippen molar-refractivity contribution in [1.29, 1.82) is 0 Å². The van der Waals surface area contributed by atoms with Crippen LogP contribution in [0.25, 0.3) is 0 Å². The van der Waals surface area contributed by atoms with Crippen molar-refractivity contribution in [3.63, 3.8) is 0 Å². The van der Waals surface area contributed by atoms with Crippen molar-refractivity contribution in [2.24, 2.45) is 43.3 Å². The minimum Gasteiger partial charge on any atom is -0.478 e. The molecule has 614 valence electrons. The summed E-state index contributed by atoms with van der Waals surface area (Å²) in [6, 6.07) is 0. The lowest BCUT2D eigenvalue weighted by atomic mass is 9.73. The summed E-state index contributed by atoms with van der Waals surface area (Å²) in [6.07, 6.45) is 24.0. The fourth-order valence-corrected chi connectivity index (χ4v) is 17.4. The van der Waals surface area contributed by atoms with Crippen molar-refractivity contribution < 1.29 is 104 Å². The largest absolute Gasteiger partial charge is 0.478 e. The van der Waals surface area contributed by atoms with E-state index in [4.69, 9.17) is 46.2 Å². The summed E-state index contributed by atoms with van der Waals surface area (Å²) in [4.78, 5) is 124. The molecule has 0 aliphatic heterocycles. The van der Waals surface area contributed by atoms with Crippen LogP contribution in [0.5, 0.6) is 0 Å². The Hall–Kier alpha value is -7.85. The number of hydrogen-bond donors (Lipinski definition) is 4. The molecule has 0 radical (unpaired) electrons. The van der Waals surface area contributed by atoms with Crippen LogP contribution in [0.4, 0.5) is 0 Å². The number of aliphatic hydroxyl groups is 1. The standard InChI is InChI=1S/C12H15IO2.C12H16O3.C12H14O3.C12H16O2.C11H13IO3.C11H12O4.C11H14O3.C8H12O2/c1-7(14)10-8-6-12(2,3)5-4-9(8)15-11(10)13;2*1-7(13)8-6-15-9-4-5-12(2,3)11(14)10(8)9;1-8(13)10-7-14-11-4-5-12(2,3)6-9(10)11;1-11(2)4-3-7-6(5-11)8(10(13)14)9(12)15-7;1-11(2)4-3-7-8(9(11)12)6(5-15-7)10(13)14;1-11(2)4-3-9-7(5-11)8(6-14-9)10(12)13;1-8(2)4-3-6(9)5-7(8)10/h4-6H2,1-3H3;6,11,14H,4-5H2,1-3H3;6H,4-5H2,1-3H3;7H,4-6H2,1-3H3;3-5H2,1-2H3,(H,13,14);5H,3-4H2,1-2H3,(H,13,14);6H,3-5H2,1-2H3,(H,12,13);3-5H2,1-2H3. The maximum absolute atomic E-state index is 12.1. The van der Waals surface area contributed by atoms with E-state index in [-0.39, 0.29) is 90.9 Å². The molecule has 7 aromatic heterocycles. The minimum atomic E-state index is -1.11. The molecule has 1 saturated carbocycles. The Morgan fingerprint density at radius 3 is 1.12 bits per heavy atom. The van der Waals surface area contributed by atoms with Gasteiger partial charge in [0, 0.05) is 141 Å². The van der Waals surface area contributed by atoms with Crippen LogP contribution in [0, 0.1) is 50.9 Å². The number of aryl methyl sites for hydroxylation is 7. The Morgan fingerprint density at radius 2 is 0.699 bits per heavy atom. The summed E-state index contributed by atoms with van der Waals surface area (Å²) in [5, 5.41) is 37.2. The van der Waals surface area contributed by atoms with E-state index >= 15 is 0 Å². The summed E-state index contributed by atoms with van der Waals surface area (Å²) in [5.74, 6) is 3.08. The van der Waals surface area contributed by atoms with E-state index in [1.165, 1.54) is 32.6 Å². The highest BCUT2D eigenvalue weighted by molar-refractivity contribution is 14.1. The molecule has 15 rings (SSSR count). The van der Waals surface area contributed by atoms with Crippen LogP contribution in [0.15, 0.2) is 62.2 Å². The number of fused-ring (bicyclic) bond motifs is 7. The molecule has 8 aliphatic carbocycles. The molecule has 1 fully saturated rings. The topological polar surface area (TPSA) is 361 Å². The van der Waals surface area contributed by atoms with Gasteiger partial charge >= 0.3 is 17.9 Å². The van der Waals surface area contributed by atoms with Gasteiger partial charge in [-0.1, -0.05) is 111 Å². The maximum atomic E-state index is 12.1. The van der Waals surface area contributed by atoms with E-state index in [1.807, 2.05) is 78.0 Å². The molecule has 113 heavy (non-hydrogen) atoms. The molecule has 0 bridgehead atoms. The number of ketones is 8. The van der Waals surface area contributed by atoms with Gasteiger partial charge in [-0.15, -0.1) is 0 Å². The number of Topliss-reactive ketones (excluding diaryl/α,β-unsaturated/α-hetero) is 8. The van der Waals surface area contributed by atoms with Gasteiger partial charge in [-0.3, -0.25) is 38.4 Å². The van der Waals surface area contributed by atoms with Gasteiger partial charge in [0.1, 0.15) is 99.9 Å². The fraction of sp³-hybridized carbons (Fsp3) is 0.562. The van der Waals surface area contributed by atoms with Crippen LogP contribution in [-0.4, -0.2) is 84.6 Å². The lowest BCUT2D eigenvalue weighted by Crippen LogP contribution is -2.31. The number of aromatic carboxylic acids is 3. The molecule has 22 nitrogen and oxygen atoms in total. The number of furan rings is 7. The quantitative estimate of drug-likeness (QED) is 0.0654. The van der Waals surface area contributed by atoms with Crippen LogP contribution >= 0.6 is 45.2 Å². The first kappa shape index (κ1) is 90.7. The fourth-order valence-electron chi connectivity index (χ4n) is 15.6. The van der Waals surface area contributed by atoms with E-state index in [9.17, 15) is 57.8 Å². The molecule has 1 unspecified atom stereocenters. The van der Waals surface area contributed by atoms with E-state index in [0.717, 1.165) is 181 Å². The van der Waals surface area contributed by atoms with Gasteiger partial charge in [-0.25, -0.2) is 14.4 Å². The normalized spacial score (nSPS) is 20.0. The highest BCUT2D eigenvalue weighted by Crippen LogP contribution is 2.47. The lowest BCUT2D eigenvalue weighted by molar-refractivity contribution is -0.136. The zero-order valence-corrected chi connectivity index (χ0v) is 73.5. The Labute approximate surface area is 688 Å². The Morgan fingerprint density at radius 1 is 0.363 bits per heavy atom. The molecule has 8 aliphatic rings. The van der Waals surface area contributed by atoms with Crippen LogP contribution < -0.4 is 0 Å². The minimum absolute atomic E-state index is 0.0113. The van der Waals surface area contributed by atoms with Crippen LogP contribution in [0.2, 0.25) is 0 Å². The molecule has 1 atom stereocenters. The van der Waals surface area contributed by atoms with Gasteiger partial charge < -0.3 is 51.3 Å². The molecule has 4 N–H and O–H groups in total. The van der Waals surface area contributed by atoms with Gasteiger partial charge in [0.2, 0.25) is 0 Å². The predicted octanol–water partition coefficient (Wildman–Crippen LogP) is 20.8. The zero-order chi connectivity index (χ0) is 84.5. The number of rotatable bonds is 7. The highest BCUT2D eigenvalue weighted by Gasteiger charge is 2.43.